The molecule has 0 radical (unpaired) electrons. The second-order valence-corrected chi connectivity index (χ2v) is 17.4. The van der Waals surface area contributed by atoms with Crippen molar-refractivity contribution < 1.29 is 0 Å². The summed E-state index contributed by atoms with van der Waals surface area (Å²) in [6.45, 7) is 19.1. The second kappa shape index (κ2) is 13.7. The summed E-state index contributed by atoms with van der Waals surface area (Å²) in [5.41, 5.74) is 9.88. The monoisotopic (exact) mass is 686 g/mol. The Labute approximate surface area is 308 Å². The largest absolute Gasteiger partial charge is 0.370 e. The van der Waals surface area contributed by atoms with Gasteiger partial charge in [-0.15, -0.1) is 0 Å². The molecule has 0 aromatic heterocycles. The van der Waals surface area contributed by atoms with Crippen LogP contribution in [0.2, 0.25) is 0 Å². The number of allylic oxidation sites excluding steroid dienone is 15. The van der Waals surface area contributed by atoms with E-state index in [1.807, 2.05) is 0 Å². The van der Waals surface area contributed by atoms with Crippen molar-refractivity contribution in [2.24, 2.45) is 28.1 Å². The fraction of sp³-hybridized carbons (Fsp3) is 0.489. The van der Waals surface area contributed by atoms with Crippen LogP contribution in [-0.4, -0.2) is 28.9 Å². The Bertz CT molecular complexity index is 1770. The van der Waals surface area contributed by atoms with E-state index in [1.165, 1.54) is 64.9 Å². The van der Waals surface area contributed by atoms with Crippen molar-refractivity contribution in [1.82, 2.24) is 9.80 Å². The van der Waals surface area contributed by atoms with Gasteiger partial charge in [-0.05, 0) is 71.9 Å². The zero-order valence-electron chi connectivity index (χ0n) is 31.7. The molecule has 7 rings (SSSR count). The minimum Gasteiger partial charge on any atom is -0.370 e. The molecule has 1 aromatic rings. The number of unbranched alkanes of at least 4 members (excludes halogenated alkanes) is 2. The van der Waals surface area contributed by atoms with Crippen LogP contribution in [0.4, 0.5) is 0 Å². The fourth-order valence-electron chi connectivity index (χ4n) is 10.4. The standard InChI is InChI=1S/C47H59ClN2/c1-8-10-30-49-32-37(45(3,4)42-38-18-13-12-16-33(38)22-26-39(42)49)24-21-34-19-20-35(43(34)48)23-28-41-46(5,6)44-40(50(41)31-11-9-2)27-25-36-17-14-15-29-47(36,44)7/h12-18,21-24,26-29,32,36,39,42,44H,8-11,19-20,25,30-31H2,1-7H3/b24-21+,35-23+,41-28+. The summed E-state index contributed by atoms with van der Waals surface area (Å²) in [7, 11) is 0. The van der Waals surface area contributed by atoms with Gasteiger partial charge in [0.1, 0.15) is 0 Å². The number of rotatable bonds is 9. The Kier molecular flexibility index (Phi) is 9.65. The predicted molar refractivity (Wildman–Crippen MR) is 214 cm³/mol. The quantitative estimate of drug-likeness (QED) is 0.255. The Balaban J connectivity index is 1.19. The molecule has 0 spiro atoms. The fourth-order valence-corrected chi connectivity index (χ4v) is 10.7. The smallest absolute Gasteiger partial charge is 0.0548 e. The molecule has 2 aliphatic heterocycles. The third kappa shape index (κ3) is 5.88. The Hall–Kier alpha value is -3.23. The maximum atomic E-state index is 7.27. The van der Waals surface area contributed by atoms with Gasteiger partial charge in [0.15, 0.2) is 0 Å². The maximum Gasteiger partial charge on any atom is 0.0548 e. The summed E-state index contributed by atoms with van der Waals surface area (Å²) >= 11 is 7.27. The highest BCUT2D eigenvalue weighted by Crippen LogP contribution is 2.63. The molecular weight excluding hydrogens is 628 g/mol. The normalized spacial score (nSPS) is 32.1. The van der Waals surface area contributed by atoms with Crippen molar-refractivity contribution in [1.29, 1.82) is 0 Å². The van der Waals surface area contributed by atoms with Crippen LogP contribution in [0.1, 0.15) is 110 Å². The number of likely N-dealkylation sites (tertiary alicyclic amines) is 1. The van der Waals surface area contributed by atoms with Crippen LogP contribution in [0.25, 0.3) is 6.08 Å². The van der Waals surface area contributed by atoms with Crippen LogP contribution < -0.4 is 0 Å². The lowest BCUT2D eigenvalue weighted by Crippen LogP contribution is -2.47. The van der Waals surface area contributed by atoms with Crippen LogP contribution in [0, 0.1) is 28.1 Å². The number of hydrogen-bond acceptors (Lipinski definition) is 2. The van der Waals surface area contributed by atoms with E-state index in [0.29, 0.717) is 23.8 Å². The molecule has 0 N–H and O–H groups in total. The molecule has 0 saturated carbocycles. The van der Waals surface area contributed by atoms with Gasteiger partial charge >= 0.3 is 0 Å². The van der Waals surface area contributed by atoms with Crippen LogP contribution in [0.5, 0.6) is 0 Å². The molecule has 6 aliphatic rings. The number of hydrogen-bond donors (Lipinski definition) is 0. The number of nitrogens with zero attached hydrogens (tertiary/aromatic N) is 2. The van der Waals surface area contributed by atoms with E-state index in [4.69, 9.17) is 11.6 Å². The first-order valence-corrected chi connectivity index (χ1v) is 20.0. The zero-order valence-corrected chi connectivity index (χ0v) is 32.4. The first kappa shape index (κ1) is 35.2. The number of fused-ring (bicyclic) bond motifs is 6. The molecule has 264 valence electrons. The second-order valence-electron chi connectivity index (χ2n) is 17.0. The SMILES string of the molecule is CCCCN1C2=CCC3C=CC=CC3(C)C2C(C)(C)/C1=C\C=C1/CCC(/C=C/C2=CN(CCCC)C3C=Cc4ccccc4C3C2(C)C)=C1Cl. The maximum absolute atomic E-state index is 7.27. The van der Waals surface area contributed by atoms with Gasteiger partial charge in [-0.25, -0.2) is 0 Å². The van der Waals surface area contributed by atoms with Gasteiger partial charge in [-0.1, -0.05) is 158 Å². The number of halogens is 1. The van der Waals surface area contributed by atoms with Crippen molar-refractivity contribution in [3.63, 3.8) is 0 Å². The average Bonchev–Trinajstić information content (AvgIpc) is 3.56. The highest BCUT2D eigenvalue weighted by Gasteiger charge is 2.57. The van der Waals surface area contributed by atoms with E-state index in [9.17, 15) is 0 Å². The van der Waals surface area contributed by atoms with Crippen molar-refractivity contribution in [3.05, 3.63) is 135 Å². The molecule has 50 heavy (non-hydrogen) atoms. The third-order valence-corrected chi connectivity index (χ3v) is 13.7. The molecule has 1 aromatic carbocycles. The van der Waals surface area contributed by atoms with Gasteiger partial charge in [-0.3, -0.25) is 0 Å². The van der Waals surface area contributed by atoms with Gasteiger partial charge in [0, 0.05) is 63.8 Å². The van der Waals surface area contributed by atoms with Crippen LogP contribution in [-0.2, 0) is 0 Å². The molecule has 1 fully saturated rings. The molecule has 2 heterocycles. The highest BCUT2D eigenvalue weighted by molar-refractivity contribution is 6.33. The summed E-state index contributed by atoms with van der Waals surface area (Å²) in [6, 6.07) is 9.39. The Morgan fingerprint density at radius 2 is 1.66 bits per heavy atom. The molecule has 0 bridgehead atoms. The summed E-state index contributed by atoms with van der Waals surface area (Å²) in [4.78, 5) is 5.29. The summed E-state index contributed by atoms with van der Waals surface area (Å²) in [5, 5.41) is 0.943. The molecule has 3 heteroatoms. The lowest BCUT2D eigenvalue weighted by Gasteiger charge is -2.50. The third-order valence-electron chi connectivity index (χ3n) is 13.2. The first-order valence-electron chi connectivity index (χ1n) is 19.6. The molecule has 4 aliphatic carbocycles. The van der Waals surface area contributed by atoms with Gasteiger partial charge in [0.05, 0.1) is 6.04 Å². The lowest BCUT2D eigenvalue weighted by molar-refractivity contribution is 0.122. The minimum atomic E-state index is -0.0140. The van der Waals surface area contributed by atoms with E-state index in [0.717, 1.165) is 37.4 Å². The van der Waals surface area contributed by atoms with Crippen molar-refractivity contribution >= 4 is 17.7 Å². The van der Waals surface area contributed by atoms with Crippen LogP contribution >= 0.6 is 11.6 Å². The van der Waals surface area contributed by atoms with Crippen LogP contribution in [0.3, 0.4) is 0 Å². The predicted octanol–water partition coefficient (Wildman–Crippen LogP) is 12.6. The van der Waals surface area contributed by atoms with Crippen molar-refractivity contribution in [2.75, 3.05) is 13.1 Å². The lowest BCUT2D eigenvalue weighted by atomic mass is 9.55. The minimum absolute atomic E-state index is 0.0140. The van der Waals surface area contributed by atoms with E-state index < -0.39 is 0 Å². The van der Waals surface area contributed by atoms with Gasteiger partial charge in [0.2, 0.25) is 0 Å². The topological polar surface area (TPSA) is 6.48 Å². The first-order chi connectivity index (χ1) is 24.0. The van der Waals surface area contributed by atoms with E-state index >= 15 is 0 Å². The molecule has 1 saturated heterocycles. The molecule has 2 nitrogen and oxygen atoms in total. The van der Waals surface area contributed by atoms with E-state index in [1.54, 1.807) is 0 Å². The summed E-state index contributed by atoms with van der Waals surface area (Å²) in [5.74, 6) is 1.42. The van der Waals surface area contributed by atoms with Crippen LogP contribution in [0.15, 0.2) is 124 Å². The van der Waals surface area contributed by atoms with E-state index in [-0.39, 0.29) is 16.2 Å². The zero-order chi connectivity index (χ0) is 35.3. The molecule has 0 amide bonds. The Morgan fingerprint density at radius 1 is 0.880 bits per heavy atom. The van der Waals surface area contributed by atoms with Gasteiger partial charge in [0.25, 0.3) is 0 Å². The molecular formula is C47H59ClN2. The highest BCUT2D eigenvalue weighted by atomic mass is 35.5. The van der Waals surface area contributed by atoms with Crippen molar-refractivity contribution in [2.45, 2.75) is 105 Å². The van der Waals surface area contributed by atoms with E-state index in [2.05, 4.69) is 156 Å². The molecule has 5 atom stereocenters. The van der Waals surface area contributed by atoms with Crippen molar-refractivity contribution in [3.8, 4) is 0 Å². The average molecular weight is 687 g/mol. The summed E-state index contributed by atoms with van der Waals surface area (Å²) < 4.78 is 0. The van der Waals surface area contributed by atoms with Gasteiger partial charge in [-0.2, -0.15) is 0 Å². The molecule has 5 unspecified atom stereocenters. The Morgan fingerprint density at radius 3 is 2.46 bits per heavy atom. The number of benzene rings is 1. The van der Waals surface area contributed by atoms with Gasteiger partial charge < -0.3 is 9.80 Å². The summed E-state index contributed by atoms with van der Waals surface area (Å²) in [6.07, 6.45) is 36.7.